The molecule has 1 atom stereocenters. The molecule has 1 unspecified atom stereocenters. The Morgan fingerprint density at radius 2 is 2.15 bits per heavy atom. The van der Waals surface area contributed by atoms with Crippen LogP contribution in [-0.4, -0.2) is 25.3 Å². The topological polar surface area (TPSA) is 84.9 Å². The molecule has 2 rings (SSSR count). The Morgan fingerprint density at radius 1 is 1.45 bits per heavy atom. The number of ether oxygens (including phenoxy) is 2. The van der Waals surface area contributed by atoms with Crippen LogP contribution in [0.2, 0.25) is 5.02 Å². The molecule has 0 aliphatic carbocycles. The number of halogens is 1. The van der Waals surface area contributed by atoms with Gasteiger partial charge in [0, 0.05) is 26.0 Å². The van der Waals surface area contributed by atoms with E-state index in [4.69, 9.17) is 25.6 Å². The molecule has 20 heavy (non-hydrogen) atoms. The van der Waals surface area contributed by atoms with Crippen molar-refractivity contribution in [2.75, 3.05) is 6.54 Å². The summed E-state index contributed by atoms with van der Waals surface area (Å²) in [5.74, 6) is -0.317. The van der Waals surface area contributed by atoms with Crippen molar-refractivity contribution >= 4 is 21.9 Å². The molecule has 8 heteroatoms. The van der Waals surface area contributed by atoms with Crippen LogP contribution < -0.4 is 9.46 Å². The van der Waals surface area contributed by atoms with Crippen molar-refractivity contribution < 1.29 is 22.4 Å². The van der Waals surface area contributed by atoms with Crippen LogP contribution in [0.3, 0.4) is 0 Å². The highest BCUT2D eigenvalue weighted by atomic mass is 35.5. The van der Waals surface area contributed by atoms with Gasteiger partial charge in [0.1, 0.15) is 5.75 Å². The molecular formula is C12H16ClNO5S. The van der Waals surface area contributed by atoms with Gasteiger partial charge in [-0.05, 0) is 12.5 Å². The van der Waals surface area contributed by atoms with E-state index < -0.39 is 16.1 Å². The lowest BCUT2D eigenvalue weighted by molar-refractivity contribution is -0.207. The number of hydrogen-bond donors (Lipinski definition) is 2. The number of hydrogen-bond acceptors (Lipinski definition) is 4. The minimum absolute atomic E-state index is 0.0472. The monoisotopic (exact) mass is 321 g/mol. The number of nitrogens with one attached hydrogen (secondary N) is 1. The van der Waals surface area contributed by atoms with Crippen LogP contribution in [0.4, 0.5) is 0 Å². The van der Waals surface area contributed by atoms with Crippen molar-refractivity contribution in [1.29, 1.82) is 0 Å². The smallest absolute Gasteiger partial charge is 0.333 e. The maximum absolute atomic E-state index is 10.7. The lowest BCUT2D eigenvalue weighted by Gasteiger charge is -2.38. The van der Waals surface area contributed by atoms with Crippen molar-refractivity contribution in [2.45, 2.75) is 32.2 Å². The van der Waals surface area contributed by atoms with E-state index >= 15 is 0 Å². The fourth-order valence-corrected chi connectivity index (χ4v) is 2.69. The summed E-state index contributed by atoms with van der Waals surface area (Å²) in [6, 6.07) is 5.30. The second-order valence-electron chi connectivity index (χ2n) is 4.92. The summed E-state index contributed by atoms with van der Waals surface area (Å²) >= 11 is 6.11. The largest absolute Gasteiger partial charge is 0.461 e. The van der Waals surface area contributed by atoms with Gasteiger partial charge < -0.3 is 9.47 Å². The van der Waals surface area contributed by atoms with Gasteiger partial charge in [0.25, 0.3) is 0 Å². The van der Waals surface area contributed by atoms with Crippen molar-refractivity contribution in [2.24, 2.45) is 0 Å². The zero-order valence-corrected chi connectivity index (χ0v) is 12.7. The highest BCUT2D eigenvalue weighted by Gasteiger charge is 2.35. The van der Waals surface area contributed by atoms with Crippen molar-refractivity contribution in [1.82, 2.24) is 4.72 Å². The van der Waals surface area contributed by atoms with Gasteiger partial charge >= 0.3 is 10.3 Å². The van der Waals surface area contributed by atoms with Crippen LogP contribution in [0, 0.1) is 0 Å². The van der Waals surface area contributed by atoms with E-state index in [-0.39, 0.29) is 12.6 Å². The summed E-state index contributed by atoms with van der Waals surface area (Å²) in [7, 11) is -4.20. The Kier molecular flexibility index (Phi) is 4.27. The summed E-state index contributed by atoms with van der Waals surface area (Å²) in [5, 5.41) is 0.478. The maximum Gasteiger partial charge on any atom is 0.333 e. The van der Waals surface area contributed by atoms with Gasteiger partial charge in [-0.25, -0.2) is 0 Å². The van der Waals surface area contributed by atoms with Gasteiger partial charge in [0.15, 0.2) is 0 Å². The number of benzene rings is 1. The first kappa shape index (κ1) is 15.5. The lowest BCUT2D eigenvalue weighted by Crippen LogP contribution is -2.38. The minimum Gasteiger partial charge on any atom is -0.461 e. The molecule has 0 saturated heterocycles. The zero-order valence-electron chi connectivity index (χ0n) is 11.1. The Bertz CT molecular complexity index is 602. The minimum atomic E-state index is -4.20. The summed E-state index contributed by atoms with van der Waals surface area (Å²) in [6.07, 6.45) is -0.0263. The summed E-state index contributed by atoms with van der Waals surface area (Å²) in [5.41, 5.74) is 0.758. The third-order valence-electron chi connectivity index (χ3n) is 2.81. The first-order chi connectivity index (χ1) is 9.18. The standard InChI is InChI=1S/C12H16ClNO5S/c1-12(2)18-10(6-7-14-20(15,16)17)8-4-3-5-9(13)11(8)19-12/h3-5,10,14H,6-7H2,1-2H3,(H,15,16,17). The number of fused-ring (bicyclic) bond motifs is 1. The van der Waals surface area contributed by atoms with Crippen LogP contribution in [0.1, 0.15) is 31.9 Å². The predicted molar refractivity (Wildman–Crippen MR) is 74.2 cm³/mol. The molecule has 1 heterocycles. The summed E-state index contributed by atoms with van der Waals surface area (Å²) in [6.45, 7) is 3.55. The second-order valence-corrected chi connectivity index (χ2v) is 6.57. The fourth-order valence-electron chi connectivity index (χ4n) is 2.10. The van der Waals surface area contributed by atoms with E-state index in [1.165, 1.54) is 0 Å². The maximum atomic E-state index is 10.7. The summed E-state index contributed by atoms with van der Waals surface area (Å²) in [4.78, 5) is 0. The molecule has 0 aromatic heterocycles. The molecule has 6 nitrogen and oxygen atoms in total. The van der Waals surface area contributed by atoms with Crippen LogP contribution in [-0.2, 0) is 15.0 Å². The Morgan fingerprint density at radius 3 is 2.80 bits per heavy atom. The lowest BCUT2D eigenvalue weighted by atomic mass is 10.0. The molecule has 1 aromatic rings. The molecule has 0 fully saturated rings. The fraction of sp³-hybridized carbons (Fsp3) is 0.500. The molecule has 1 aromatic carbocycles. The average molecular weight is 322 g/mol. The molecule has 0 spiro atoms. The van der Waals surface area contributed by atoms with Crippen molar-refractivity contribution in [3.8, 4) is 5.75 Å². The van der Waals surface area contributed by atoms with Crippen LogP contribution in [0.5, 0.6) is 5.75 Å². The number of rotatable bonds is 4. The highest BCUT2D eigenvalue weighted by Crippen LogP contribution is 2.43. The van der Waals surface area contributed by atoms with Gasteiger partial charge in [-0.3, -0.25) is 4.55 Å². The van der Waals surface area contributed by atoms with Gasteiger partial charge in [0.05, 0.1) is 11.1 Å². The van der Waals surface area contributed by atoms with Gasteiger partial charge in [-0.1, -0.05) is 23.7 Å². The quantitative estimate of drug-likeness (QED) is 0.831. The SMILES string of the molecule is CC1(C)Oc2c(Cl)cccc2C(CCNS(=O)(=O)O)O1. The first-order valence-corrected chi connectivity index (χ1v) is 7.87. The Hall–Kier alpha value is -0.860. The molecule has 1 aliphatic heterocycles. The molecule has 0 radical (unpaired) electrons. The number of para-hydroxylation sites is 1. The molecule has 1 aliphatic rings. The van der Waals surface area contributed by atoms with E-state index in [2.05, 4.69) is 0 Å². The van der Waals surface area contributed by atoms with Crippen LogP contribution in [0.15, 0.2) is 18.2 Å². The average Bonchev–Trinajstić information content (AvgIpc) is 2.28. The van der Waals surface area contributed by atoms with Crippen molar-refractivity contribution in [3.63, 3.8) is 0 Å². The molecular weight excluding hydrogens is 306 g/mol. The third-order valence-corrected chi connectivity index (χ3v) is 3.68. The van der Waals surface area contributed by atoms with Crippen LogP contribution >= 0.6 is 11.6 Å². The van der Waals surface area contributed by atoms with E-state index in [0.717, 1.165) is 5.56 Å². The van der Waals surface area contributed by atoms with E-state index in [0.29, 0.717) is 17.2 Å². The van der Waals surface area contributed by atoms with Gasteiger partial charge in [0.2, 0.25) is 5.79 Å². The Labute approximate surface area is 122 Å². The molecule has 0 saturated carbocycles. The van der Waals surface area contributed by atoms with Crippen molar-refractivity contribution in [3.05, 3.63) is 28.8 Å². The van der Waals surface area contributed by atoms with Crippen LogP contribution in [0.25, 0.3) is 0 Å². The van der Waals surface area contributed by atoms with Gasteiger partial charge in [-0.2, -0.15) is 13.1 Å². The normalized spacial score (nSPS) is 21.1. The molecule has 0 amide bonds. The van der Waals surface area contributed by atoms with Gasteiger partial charge in [-0.15, -0.1) is 0 Å². The van der Waals surface area contributed by atoms with E-state index in [9.17, 15) is 8.42 Å². The summed E-state index contributed by atoms with van der Waals surface area (Å²) < 4.78 is 43.5. The zero-order chi connectivity index (χ0) is 15.0. The van der Waals surface area contributed by atoms with E-state index in [1.54, 1.807) is 26.0 Å². The first-order valence-electron chi connectivity index (χ1n) is 6.05. The third kappa shape index (κ3) is 3.83. The predicted octanol–water partition coefficient (Wildman–Crippen LogP) is 2.31. The molecule has 112 valence electrons. The molecule has 2 N–H and O–H groups in total. The molecule has 0 bridgehead atoms. The highest BCUT2D eigenvalue weighted by molar-refractivity contribution is 7.83. The Balaban J connectivity index is 2.19. The van der Waals surface area contributed by atoms with E-state index in [1.807, 2.05) is 10.8 Å². The second kappa shape index (κ2) is 5.50.